The van der Waals surface area contributed by atoms with Gasteiger partial charge in [0.15, 0.2) is 0 Å². The van der Waals surface area contributed by atoms with Gasteiger partial charge in [0.1, 0.15) is 0 Å². The number of piperidine rings is 1. The standard InChI is InChI=1S/C15H28N2O5/c1-20-10-8-16(9-11-21-2)12-14(18)17-6-4-13(5-7-17)15(19)22-3/h13H,4-12H2,1-3H3. The molecule has 1 rings (SSSR count). The minimum absolute atomic E-state index is 0.0767. The Hall–Kier alpha value is -1.18. The lowest BCUT2D eigenvalue weighted by molar-refractivity contribution is -0.149. The molecule has 1 aliphatic rings. The second kappa shape index (κ2) is 10.5. The van der Waals surface area contributed by atoms with E-state index >= 15 is 0 Å². The minimum atomic E-state index is -0.172. The maximum Gasteiger partial charge on any atom is 0.308 e. The average molecular weight is 316 g/mol. The Morgan fingerprint density at radius 3 is 2.05 bits per heavy atom. The average Bonchev–Trinajstić information content (AvgIpc) is 2.56. The molecular formula is C15H28N2O5. The fraction of sp³-hybridized carbons (Fsp3) is 0.867. The molecule has 0 aliphatic carbocycles. The van der Waals surface area contributed by atoms with Crippen molar-refractivity contribution in [1.29, 1.82) is 0 Å². The predicted molar refractivity (Wildman–Crippen MR) is 81.5 cm³/mol. The largest absolute Gasteiger partial charge is 0.469 e. The number of hydrogen-bond acceptors (Lipinski definition) is 6. The number of rotatable bonds is 9. The van der Waals surface area contributed by atoms with E-state index in [9.17, 15) is 9.59 Å². The molecule has 1 fully saturated rings. The zero-order chi connectivity index (χ0) is 16.4. The number of amides is 1. The fourth-order valence-corrected chi connectivity index (χ4v) is 2.53. The summed E-state index contributed by atoms with van der Waals surface area (Å²) in [5.74, 6) is -0.156. The van der Waals surface area contributed by atoms with E-state index in [4.69, 9.17) is 14.2 Å². The van der Waals surface area contributed by atoms with Crippen LogP contribution in [-0.2, 0) is 23.8 Å². The molecule has 0 aromatic rings. The van der Waals surface area contributed by atoms with Crippen molar-refractivity contribution >= 4 is 11.9 Å². The van der Waals surface area contributed by atoms with Gasteiger partial charge in [0.05, 0.1) is 32.8 Å². The van der Waals surface area contributed by atoms with Crippen LogP contribution in [-0.4, -0.2) is 88.9 Å². The summed E-state index contributed by atoms with van der Waals surface area (Å²) >= 11 is 0. The monoisotopic (exact) mass is 316 g/mol. The molecule has 0 radical (unpaired) electrons. The number of nitrogens with zero attached hydrogens (tertiary/aromatic N) is 2. The fourth-order valence-electron chi connectivity index (χ4n) is 2.53. The SMILES string of the molecule is COCCN(CCOC)CC(=O)N1CCC(C(=O)OC)CC1. The van der Waals surface area contributed by atoms with Gasteiger partial charge in [0.2, 0.25) is 5.91 Å². The van der Waals surface area contributed by atoms with E-state index in [1.807, 2.05) is 9.80 Å². The molecule has 0 N–H and O–H groups in total. The van der Waals surface area contributed by atoms with E-state index in [1.165, 1.54) is 7.11 Å². The van der Waals surface area contributed by atoms with Gasteiger partial charge < -0.3 is 19.1 Å². The summed E-state index contributed by atoms with van der Waals surface area (Å²) in [6.45, 7) is 4.15. The number of methoxy groups -OCH3 is 3. The van der Waals surface area contributed by atoms with Crippen molar-refractivity contribution in [3.8, 4) is 0 Å². The van der Waals surface area contributed by atoms with Gasteiger partial charge >= 0.3 is 5.97 Å². The lowest BCUT2D eigenvalue weighted by Gasteiger charge is -2.32. The highest BCUT2D eigenvalue weighted by Crippen LogP contribution is 2.18. The lowest BCUT2D eigenvalue weighted by Crippen LogP contribution is -2.46. The number of ether oxygens (including phenoxy) is 3. The first-order valence-electron chi connectivity index (χ1n) is 7.68. The molecule has 128 valence electrons. The van der Waals surface area contributed by atoms with Crippen LogP contribution in [0.5, 0.6) is 0 Å². The van der Waals surface area contributed by atoms with E-state index in [1.54, 1.807) is 14.2 Å². The molecule has 0 spiro atoms. The molecule has 22 heavy (non-hydrogen) atoms. The second-order valence-corrected chi connectivity index (χ2v) is 5.44. The molecule has 1 heterocycles. The third-order valence-electron chi connectivity index (χ3n) is 3.96. The Morgan fingerprint density at radius 2 is 1.59 bits per heavy atom. The van der Waals surface area contributed by atoms with Crippen molar-refractivity contribution in [3.63, 3.8) is 0 Å². The van der Waals surface area contributed by atoms with Crippen LogP contribution >= 0.6 is 0 Å². The Morgan fingerprint density at radius 1 is 1.05 bits per heavy atom. The molecule has 7 nitrogen and oxygen atoms in total. The molecule has 0 unspecified atom stereocenters. The molecule has 1 saturated heterocycles. The second-order valence-electron chi connectivity index (χ2n) is 5.44. The van der Waals surface area contributed by atoms with Gasteiger partial charge in [-0.2, -0.15) is 0 Å². The zero-order valence-electron chi connectivity index (χ0n) is 13.9. The Kier molecular flexibility index (Phi) is 9.03. The molecule has 0 saturated carbocycles. The normalized spacial score (nSPS) is 16.1. The summed E-state index contributed by atoms with van der Waals surface area (Å²) in [4.78, 5) is 27.7. The topological polar surface area (TPSA) is 68.3 Å². The summed E-state index contributed by atoms with van der Waals surface area (Å²) < 4.78 is 14.9. The Labute approximate surface area is 132 Å². The third-order valence-corrected chi connectivity index (χ3v) is 3.96. The number of hydrogen-bond donors (Lipinski definition) is 0. The molecule has 0 aromatic carbocycles. The predicted octanol–water partition coefficient (Wildman–Crippen LogP) is -0.00720. The van der Waals surface area contributed by atoms with E-state index < -0.39 is 0 Å². The van der Waals surface area contributed by atoms with Crippen LogP contribution in [0.2, 0.25) is 0 Å². The van der Waals surface area contributed by atoms with Crippen LogP contribution < -0.4 is 0 Å². The highest BCUT2D eigenvalue weighted by Gasteiger charge is 2.28. The van der Waals surface area contributed by atoms with E-state index in [-0.39, 0.29) is 17.8 Å². The quantitative estimate of drug-likeness (QED) is 0.558. The molecule has 0 atom stereocenters. The molecule has 7 heteroatoms. The van der Waals surface area contributed by atoms with E-state index in [0.29, 0.717) is 58.8 Å². The van der Waals surface area contributed by atoms with Gasteiger partial charge in [0, 0.05) is 40.4 Å². The van der Waals surface area contributed by atoms with Crippen LogP contribution in [0.15, 0.2) is 0 Å². The van der Waals surface area contributed by atoms with Crippen molar-refractivity contribution in [2.45, 2.75) is 12.8 Å². The van der Waals surface area contributed by atoms with Gasteiger partial charge in [-0.1, -0.05) is 0 Å². The minimum Gasteiger partial charge on any atom is -0.469 e. The Bertz CT molecular complexity index is 335. The highest BCUT2D eigenvalue weighted by molar-refractivity contribution is 5.79. The smallest absolute Gasteiger partial charge is 0.308 e. The van der Waals surface area contributed by atoms with Crippen LogP contribution in [0.4, 0.5) is 0 Å². The van der Waals surface area contributed by atoms with Crippen molar-refractivity contribution in [1.82, 2.24) is 9.80 Å². The molecule has 1 amide bonds. The third kappa shape index (κ3) is 6.29. The van der Waals surface area contributed by atoms with Gasteiger partial charge in [-0.05, 0) is 12.8 Å². The molecule has 0 aromatic heterocycles. The van der Waals surface area contributed by atoms with Crippen molar-refractivity contribution in [2.75, 3.05) is 67.3 Å². The van der Waals surface area contributed by atoms with Crippen molar-refractivity contribution in [3.05, 3.63) is 0 Å². The number of esters is 1. The molecular weight excluding hydrogens is 288 g/mol. The number of likely N-dealkylation sites (tertiary alicyclic amines) is 1. The first-order chi connectivity index (χ1) is 10.6. The molecule has 1 aliphatic heterocycles. The van der Waals surface area contributed by atoms with Crippen molar-refractivity contribution in [2.24, 2.45) is 5.92 Å². The van der Waals surface area contributed by atoms with Gasteiger partial charge in [-0.3, -0.25) is 14.5 Å². The van der Waals surface area contributed by atoms with Gasteiger partial charge in [-0.15, -0.1) is 0 Å². The maximum atomic E-state index is 12.4. The van der Waals surface area contributed by atoms with Gasteiger partial charge in [0.25, 0.3) is 0 Å². The van der Waals surface area contributed by atoms with Crippen LogP contribution in [0.1, 0.15) is 12.8 Å². The van der Waals surface area contributed by atoms with E-state index in [0.717, 1.165) is 0 Å². The highest BCUT2D eigenvalue weighted by atomic mass is 16.5. The van der Waals surface area contributed by atoms with Crippen LogP contribution in [0.25, 0.3) is 0 Å². The zero-order valence-corrected chi connectivity index (χ0v) is 13.9. The first kappa shape index (κ1) is 18.9. The van der Waals surface area contributed by atoms with Gasteiger partial charge in [-0.25, -0.2) is 0 Å². The Balaban J connectivity index is 2.40. The van der Waals surface area contributed by atoms with Crippen LogP contribution in [0, 0.1) is 5.92 Å². The summed E-state index contributed by atoms with van der Waals surface area (Å²) in [5, 5.41) is 0. The summed E-state index contributed by atoms with van der Waals surface area (Å²) in [7, 11) is 4.70. The van der Waals surface area contributed by atoms with Crippen LogP contribution in [0.3, 0.4) is 0 Å². The molecule has 0 bridgehead atoms. The lowest BCUT2D eigenvalue weighted by atomic mass is 9.97. The van der Waals surface area contributed by atoms with Crippen molar-refractivity contribution < 1.29 is 23.8 Å². The number of carbonyl (C=O) groups is 2. The first-order valence-corrected chi connectivity index (χ1v) is 7.68. The maximum absolute atomic E-state index is 12.4. The summed E-state index contributed by atoms with van der Waals surface area (Å²) in [5.41, 5.74) is 0. The number of carbonyl (C=O) groups excluding carboxylic acids is 2. The summed E-state index contributed by atoms with van der Waals surface area (Å²) in [6, 6.07) is 0. The van der Waals surface area contributed by atoms with E-state index in [2.05, 4.69) is 0 Å². The summed E-state index contributed by atoms with van der Waals surface area (Å²) in [6.07, 6.45) is 1.35.